The molecule has 40 heavy (non-hydrogen) atoms. The molecular formula is C27H25F3N6O3S. The Morgan fingerprint density at radius 2 is 1.73 bits per heavy atom. The molecule has 13 heteroatoms. The Labute approximate surface area is 229 Å². The van der Waals surface area contributed by atoms with Crippen molar-refractivity contribution in [2.75, 3.05) is 25.0 Å². The molecule has 9 nitrogen and oxygen atoms in total. The summed E-state index contributed by atoms with van der Waals surface area (Å²) in [4.78, 5) is 20.4. The number of piperazine rings is 1. The molecular weight excluding hydrogens is 545 g/mol. The van der Waals surface area contributed by atoms with E-state index in [2.05, 4.69) is 15.6 Å². The zero-order chi connectivity index (χ0) is 28.9. The topological polar surface area (TPSA) is 118 Å². The standard InChI is InChI=1S/C27H25F3N6O3S/c1-19-8-5-6-13-23(19)34-25(32-18-31)35-14-15-36(24(17-35)20-9-3-2-4-10-20)26(37)33-21-11-7-12-22(16-21)40(38,39)27(28,29)30/h2-13,16,24H,14-15,17H2,1H3,(H,32,34)(H,33,37). The molecule has 0 aromatic heterocycles. The van der Waals surface area contributed by atoms with Gasteiger partial charge in [-0.3, -0.25) is 5.32 Å². The number of rotatable bonds is 4. The van der Waals surface area contributed by atoms with Gasteiger partial charge in [-0.25, -0.2) is 18.2 Å². The van der Waals surface area contributed by atoms with Gasteiger partial charge in [-0.1, -0.05) is 54.6 Å². The van der Waals surface area contributed by atoms with Crippen molar-refractivity contribution in [2.45, 2.75) is 23.4 Å². The van der Waals surface area contributed by atoms with Crippen molar-refractivity contribution in [1.82, 2.24) is 15.1 Å². The third-order valence-electron chi connectivity index (χ3n) is 6.33. The number of hydrogen-bond donors (Lipinski definition) is 2. The van der Waals surface area contributed by atoms with Crippen LogP contribution in [0.1, 0.15) is 17.2 Å². The summed E-state index contributed by atoms with van der Waals surface area (Å²) in [7, 11) is -5.58. The van der Waals surface area contributed by atoms with Crippen molar-refractivity contribution < 1.29 is 26.4 Å². The largest absolute Gasteiger partial charge is 0.501 e. The number of nitriles is 1. The summed E-state index contributed by atoms with van der Waals surface area (Å²) in [6.45, 7) is 2.61. The Morgan fingerprint density at radius 3 is 2.40 bits per heavy atom. The first-order valence-corrected chi connectivity index (χ1v) is 13.6. The molecule has 1 aliphatic heterocycles. The zero-order valence-electron chi connectivity index (χ0n) is 21.3. The number of aryl methyl sites for hydroxylation is 1. The molecule has 1 unspecified atom stereocenters. The number of urea groups is 1. The van der Waals surface area contributed by atoms with E-state index in [9.17, 15) is 31.6 Å². The highest BCUT2D eigenvalue weighted by Crippen LogP contribution is 2.32. The number of benzene rings is 3. The number of carbonyl (C=O) groups excluding carboxylic acids is 1. The third kappa shape index (κ3) is 6.18. The molecule has 0 bridgehead atoms. The average molecular weight is 571 g/mol. The second kappa shape index (κ2) is 11.7. The summed E-state index contributed by atoms with van der Waals surface area (Å²) in [5, 5.41) is 14.5. The number of aliphatic imine (C=N–C) groups is 1. The highest BCUT2D eigenvalue weighted by Gasteiger charge is 2.47. The molecule has 0 saturated carbocycles. The van der Waals surface area contributed by atoms with Crippen LogP contribution in [0.2, 0.25) is 0 Å². The number of carbonyl (C=O) groups is 1. The van der Waals surface area contributed by atoms with Crippen molar-refractivity contribution in [3.05, 3.63) is 90.0 Å². The maximum atomic E-state index is 13.4. The number of sulfone groups is 1. The fourth-order valence-electron chi connectivity index (χ4n) is 4.28. The number of guanidine groups is 1. The molecule has 2 amide bonds. The molecule has 0 spiro atoms. The number of halogens is 3. The van der Waals surface area contributed by atoms with Gasteiger partial charge in [-0.2, -0.15) is 18.4 Å². The zero-order valence-corrected chi connectivity index (χ0v) is 22.1. The van der Waals surface area contributed by atoms with Gasteiger partial charge in [0.2, 0.25) is 5.96 Å². The highest BCUT2D eigenvalue weighted by molar-refractivity contribution is 7.92. The number of nitrogens with zero attached hydrogens (tertiary/aromatic N) is 4. The fourth-order valence-corrected chi connectivity index (χ4v) is 5.09. The lowest BCUT2D eigenvalue weighted by molar-refractivity contribution is -0.0436. The molecule has 1 fully saturated rings. The Hall–Kier alpha value is -4.57. The molecule has 208 valence electrons. The van der Waals surface area contributed by atoms with Gasteiger partial charge in [-0.15, -0.1) is 0 Å². The van der Waals surface area contributed by atoms with Crippen molar-refractivity contribution in [3.8, 4) is 6.19 Å². The molecule has 3 aromatic carbocycles. The Morgan fingerprint density at radius 1 is 1.02 bits per heavy atom. The van der Waals surface area contributed by atoms with E-state index in [-0.39, 0.29) is 18.8 Å². The van der Waals surface area contributed by atoms with Crippen molar-refractivity contribution in [3.63, 3.8) is 0 Å². The van der Waals surface area contributed by atoms with Crippen molar-refractivity contribution >= 4 is 33.2 Å². The third-order valence-corrected chi connectivity index (χ3v) is 7.82. The lowest BCUT2D eigenvalue weighted by atomic mass is 10.0. The molecule has 4 rings (SSSR count). The number of alkyl halides is 3. The predicted octanol–water partition coefficient (Wildman–Crippen LogP) is 4.94. The number of anilines is 1. The van der Waals surface area contributed by atoms with Crippen LogP contribution in [0.25, 0.3) is 0 Å². The first-order valence-electron chi connectivity index (χ1n) is 12.1. The number of para-hydroxylation sites is 1. The van der Waals surface area contributed by atoms with E-state index in [1.165, 1.54) is 11.0 Å². The molecule has 1 saturated heterocycles. The second-order valence-corrected chi connectivity index (χ2v) is 10.9. The lowest BCUT2D eigenvalue weighted by Gasteiger charge is -2.42. The normalized spacial score (nSPS) is 16.3. The van der Waals surface area contributed by atoms with Crippen LogP contribution < -0.4 is 10.6 Å². The van der Waals surface area contributed by atoms with Crippen LogP contribution in [0.3, 0.4) is 0 Å². The molecule has 0 aliphatic carbocycles. The van der Waals surface area contributed by atoms with Crippen LogP contribution in [0.15, 0.2) is 88.8 Å². The van der Waals surface area contributed by atoms with Crippen molar-refractivity contribution in [2.24, 2.45) is 4.99 Å². The number of nitrogens with one attached hydrogen (secondary N) is 2. The summed E-state index contributed by atoms with van der Waals surface area (Å²) in [6, 6.07) is 19.4. The predicted molar refractivity (Wildman–Crippen MR) is 143 cm³/mol. The molecule has 1 heterocycles. The van der Waals surface area contributed by atoms with Gasteiger partial charge >= 0.3 is 11.5 Å². The minimum Gasteiger partial charge on any atom is -0.338 e. The fraction of sp³-hybridized carbons (Fsp3) is 0.222. The van der Waals surface area contributed by atoms with Crippen molar-refractivity contribution in [1.29, 1.82) is 5.26 Å². The van der Waals surface area contributed by atoms with Gasteiger partial charge in [0.15, 0.2) is 6.19 Å². The first-order chi connectivity index (χ1) is 19.0. The quantitative estimate of drug-likeness (QED) is 0.199. The first kappa shape index (κ1) is 28.4. The van der Waals surface area contributed by atoms with Gasteiger partial charge in [-0.05, 0) is 42.3 Å². The Balaban J connectivity index is 1.61. The van der Waals surface area contributed by atoms with E-state index < -0.39 is 32.3 Å². The van der Waals surface area contributed by atoms with E-state index in [1.807, 2.05) is 72.6 Å². The second-order valence-electron chi connectivity index (χ2n) is 8.93. The van der Waals surface area contributed by atoms with Crippen LogP contribution in [0.4, 0.5) is 29.3 Å². The van der Waals surface area contributed by atoms with Crippen LogP contribution in [-0.4, -0.2) is 55.4 Å². The summed E-state index contributed by atoms with van der Waals surface area (Å²) in [5.74, 6) is 0.308. The Bertz CT molecular complexity index is 1560. The summed E-state index contributed by atoms with van der Waals surface area (Å²) in [5.41, 5.74) is -3.21. The molecule has 2 N–H and O–H groups in total. The van der Waals surface area contributed by atoms with Crippen LogP contribution in [0, 0.1) is 18.4 Å². The molecule has 0 radical (unpaired) electrons. The van der Waals surface area contributed by atoms with E-state index in [1.54, 1.807) is 0 Å². The van der Waals surface area contributed by atoms with E-state index in [0.29, 0.717) is 18.2 Å². The Kier molecular flexibility index (Phi) is 8.29. The van der Waals surface area contributed by atoms with Crippen LogP contribution in [-0.2, 0) is 9.84 Å². The van der Waals surface area contributed by atoms with E-state index in [0.717, 1.165) is 29.3 Å². The minimum atomic E-state index is -5.58. The van der Waals surface area contributed by atoms with Crippen LogP contribution >= 0.6 is 0 Å². The van der Waals surface area contributed by atoms with E-state index in [4.69, 9.17) is 0 Å². The number of amides is 2. The molecule has 3 aromatic rings. The summed E-state index contributed by atoms with van der Waals surface area (Å²) < 4.78 is 62.8. The SMILES string of the molecule is Cc1ccccc1N=C(NC#N)N1CCN(C(=O)Nc2cccc(S(=O)(=O)C(F)(F)F)c2)C(c2ccccc2)C1. The van der Waals surface area contributed by atoms with Gasteiger partial charge in [0.25, 0.3) is 9.84 Å². The monoisotopic (exact) mass is 570 g/mol. The summed E-state index contributed by atoms with van der Waals surface area (Å²) >= 11 is 0. The van der Waals surface area contributed by atoms with Crippen LogP contribution in [0.5, 0.6) is 0 Å². The van der Waals surface area contributed by atoms with Gasteiger partial charge < -0.3 is 15.1 Å². The average Bonchev–Trinajstić information content (AvgIpc) is 2.93. The van der Waals surface area contributed by atoms with Gasteiger partial charge in [0.1, 0.15) is 0 Å². The summed E-state index contributed by atoms with van der Waals surface area (Å²) in [6.07, 6.45) is 1.91. The molecule has 1 aliphatic rings. The minimum absolute atomic E-state index is 0.0995. The van der Waals surface area contributed by atoms with Gasteiger partial charge in [0, 0.05) is 25.3 Å². The highest BCUT2D eigenvalue weighted by atomic mass is 32.2. The van der Waals surface area contributed by atoms with E-state index >= 15 is 0 Å². The lowest BCUT2D eigenvalue weighted by Crippen LogP contribution is -2.55. The molecule has 1 atom stereocenters. The maximum Gasteiger partial charge on any atom is 0.501 e. The smallest absolute Gasteiger partial charge is 0.338 e. The maximum absolute atomic E-state index is 13.4. The van der Waals surface area contributed by atoms with Gasteiger partial charge in [0.05, 0.1) is 16.6 Å². The number of hydrogen-bond acceptors (Lipinski definition) is 5.